The van der Waals surface area contributed by atoms with Crippen LogP contribution in [0.15, 0.2) is 147 Å². The summed E-state index contributed by atoms with van der Waals surface area (Å²) in [6.07, 6.45) is 0. The summed E-state index contributed by atoms with van der Waals surface area (Å²) >= 11 is 5.86. The second kappa shape index (κ2) is 18.5. The van der Waals surface area contributed by atoms with E-state index in [1.165, 1.54) is 24.3 Å². The number of benzene rings is 7. The van der Waals surface area contributed by atoms with E-state index in [-0.39, 0.29) is 119 Å². The van der Waals surface area contributed by atoms with E-state index in [0.717, 1.165) is 22.2 Å². The second-order valence-corrected chi connectivity index (χ2v) is 12.4. The summed E-state index contributed by atoms with van der Waals surface area (Å²) in [4.78, 5) is -0.424. The standard InChI is InChI=1S/C20H14N2O5S.C16H11ClN2O2.Cr.2Na.2H/c23-16-10-9-12-5-1-2-6-13(12)19(16)21-22-20-15-8-4-3-7-14(15)18(11-17(20)24)28(25,26)27;17-11-6-8-14(20)13(9-11)18-19-16-12-4-2-1-3-10(12)5-7-15(16)21;;;;;/h1-11,23-24H,(H,25,26,27);1-9,20-21H;;;;;/q;;;2*+1;2*-1. The molecule has 0 spiro atoms. The van der Waals surface area contributed by atoms with Crippen molar-refractivity contribution in [3.63, 3.8) is 0 Å². The number of azo groups is 2. The molecular weight excluding hydrogens is 766 g/mol. The summed E-state index contributed by atoms with van der Waals surface area (Å²) in [5, 5.41) is 60.6. The predicted molar refractivity (Wildman–Crippen MR) is 190 cm³/mol. The van der Waals surface area contributed by atoms with Crippen molar-refractivity contribution in [3.05, 3.63) is 126 Å². The van der Waals surface area contributed by atoms with Crippen molar-refractivity contribution >= 4 is 76.8 Å². The van der Waals surface area contributed by atoms with Gasteiger partial charge in [-0.3, -0.25) is 4.55 Å². The van der Waals surface area contributed by atoms with Gasteiger partial charge in [-0.1, -0.05) is 96.5 Å². The van der Waals surface area contributed by atoms with Gasteiger partial charge in [-0.05, 0) is 41.1 Å². The molecule has 0 aliphatic carbocycles. The molecule has 0 bridgehead atoms. The van der Waals surface area contributed by atoms with Gasteiger partial charge < -0.3 is 23.3 Å². The minimum Gasteiger partial charge on any atom is -1.00 e. The summed E-state index contributed by atoms with van der Waals surface area (Å²) in [5.41, 5.74) is 0.845. The average Bonchev–Trinajstić information content (AvgIpc) is 3.09. The summed E-state index contributed by atoms with van der Waals surface area (Å²) in [6.45, 7) is 0. The monoisotopic (exact) mass is 792 g/mol. The number of fused-ring (bicyclic) bond motifs is 3. The summed E-state index contributed by atoms with van der Waals surface area (Å²) in [5.74, 6) is -0.544. The van der Waals surface area contributed by atoms with E-state index in [2.05, 4.69) is 20.5 Å². The van der Waals surface area contributed by atoms with Crippen LogP contribution in [0.3, 0.4) is 0 Å². The fraction of sp³-hybridized carbons (Fsp3) is 0. The van der Waals surface area contributed by atoms with Crippen molar-refractivity contribution in [2.75, 3.05) is 0 Å². The predicted octanol–water partition coefficient (Wildman–Crippen LogP) is 4.62. The molecule has 0 fully saturated rings. The Bertz CT molecular complexity index is 2590. The van der Waals surface area contributed by atoms with Gasteiger partial charge in [0.15, 0.2) is 0 Å². The fourth-order valence-corrected chi connectivity index (χ4v) is 5.99. The fourth-order valence-electron chi connectivity index (χ4n) is 5.11. The van der Waals surface area contributed by atoms with Gasteiger partial charge >= 0.3 is 59.1 Å². The number of phenolic OH excluding ortho intramolecular Hbond substituents is 4. The topological polar surface area (TPSA) is 185 Å². The van der Waals surface area contributed by atoms with Gasteiger partial charge in [0.2, 0.25) is 0 Å². The first kappa shape index (κ1) is 42.9. The summed E-state index contributed by atoms with van der Waals surface area (Å²) in [6, 6.07) is 33.2. The van der Waals surface area contributed by atoms with Crippen molar-refractivity contribution < 1.29 is 113 Å². The maximum atomic E-state index is 11.6. The van der Waals surface area contributed by atoms with Gasteiger partial charge in [0.1, 0.15) is 50.6 Å². The van der Waals surface area contributed by atoms with Crippen molar-refractivity contribution in [1.29, 1.82) is 0 Å². The molecule has 0 amide bonds. The van der Waals surface area contributed by atoms with E-state index in [9.17, 15) is 33.4 Å². The number of hydrogen-bond acceptors (Lipinski definition) is 10. The first-order chi connectivity index (χ1) is 23.5. The zero-order valence-corrected chi connectivity index (χ0v) is 34.4. The Balaban J connectivity index is 0.000000510. The number of aromatic hydroxyl groups is 4. The van der Waals surface area contributed by atoms with Gasteiger partial charge in [-0.25, -0.2) is 0 Å². The van der Waals surface area contributed by atoms with Gasteiger partial charge in [-0.2, -0.15) is 8.42 Å². The Labute approximate surface area is 360 Å². The van der Waals surface area contributed by atoms with Crippen LogP contribution < -0.4 is 59.1 Å². The van der Waals surface area contributed by atoms with Gasteiger partial charge in [0, 0.05) is 50.0 Å². The van der Waals surface area contributed by atoms with Crippen molar-refractivity contribution in [2.45, 2.75) is 4.90 Å². The maximum absolute atomic E-state index is 11.6. The average molecular weight is 793 g/mol. The van der Waals surface area contributed by atoms with E-state index in [1.807, 2.05) is 36.4 Å². The Morgan fingerprint density at radius 1 is 0.500 bits per heavy atom. The zero-order valence-electron chi connectivity index (χ0n) is 29.6. The summed E-state index contributed by atoms with van der Waals surface area (Å²) in [7, 11) is -4.54. The molecule has 11 nitrogen and oxygen atoms in total. The Kier molecular flexibility index (Phi) is 15.2. The van der Waals surface area contributed by atoms with Crippen LogP contribution in [0.5, 0.6) is 23.0 Å². The van der Waals surface area contributed by atoms with Crippen LogP contribution in [0.2, 0.25) is 5.02 Å². The Morgan fingerprint density at radius 3 is 1.44 bits per heavy atom. The molecule has 7 rings (SSSR count). The molecule has 0 saturated heterocycles. The maximum Gasteiger partial charge on any atom is 1.00 e. The van der Waals surface area contributed by atoms with Crippen LogP contribution in [-0.2, 0) is 27.5 Å². The third-order valence-corrected chi connectivity index (χ3v) is 8.57. The van der Waals surface area contributed by atoms with Crippen LogP contribution in [0, 0.1) is 0 Å². The molecule has 254 valence electrons. The minimum absolute atomic E-state index is 0. The quantitative estimate of drug-likeness (QED) is 0.0957. The summed E-state index contributed by atoms with van der Waals surface area (Å²) < 4.78 is 32.7. The third-order valence-electron chi connectivity index (χ3n) is 7.44. The molecule has 0 aromatic heterocycles. The third kappa shape index (κ3) is 9.51. The first-order valence-electron chi connectivity index (χ1n) is 14.5. The van der Waals surface area contributed by atoms with E-state index in [0.29, 0.717) is 21.5 Å². The van der Waals surface area contributed by atoms with Gasteiger partial charge in [0.05, 0.1) is 0 Å². The Morgan fingerprint density at radius 2 is 0.923 bits per heavy atom. The van der Waals surface area contributed by atoms with E-state index in [1.54, 1.807) is 54.6 Å². The number of hydrogen-bond donors (Lipinski definition) is 5. The molecule has 7 aromatic rings. The van der Waals surface area contributed by atoms with Crippen LogP contribution in [0.4, 0.5) is 22.7 Å². The van der Waals surface area contributed by atoms with Gasteiger partial charge in [0.25, 0.3) is 10.1 Å². The first-order valence-corrected chi connectivity index (χ1v) is 16.3. The van der Waals surface area contributed by atoms with E-state index >= 15 is 0 Å². The molecule has 0 radical (unpaired) electrons. The Hall–Kier alpha value is -3.55. The van der Waals surface area contributed by atoms with Crippen LogP contribution in [-0.4, -0.2) is 33.4 Å². The van der Waals surface area contributed by atoms with Gasteiger partial charge in [-0.15, -0.1) is 20.5 Å². The molecule has 7 aromatic carbocycles. The largest absolute Gasteiger partial charge is 1.00 e. The molecule has 0 aliphatic rings. The molecule has 16 heteroatoms. The number of halogens is 1. The van der Waals surface area contributed by atoms with Crippen LogP contribution >= 0.6 is 11.6 Å². The number of nitrogens with zero attached hydrogens (tertiary/aromatic N) is 4. The molecule has 0 aliphatic heterocycles. The molecule has 0 heterocycles. The van der Waals surface area contributed by atoms with Crippen molar-refractivity contribution in [3.8, 4) is 23.0 Å². The number of rotatable bonds is 5. The molecule has 0 saturated carbocycles. The number of phenols is 4. The SMILES string of the molecule is O=S(=O)(O)c1cc(O)c(N=Nc2c(O)ccc3ccccc23)c2ccccc12.Oc1ccc(Cl)cc1N=Nc1c(O)ccc2ccccc12.[Cr].[H-].[H-].[Na+].[Na+]. The van der Waals surface area contributed by atoms with E-state index < -0.39 is 20.8 Å². The smallest absolute Gasteiger partial charge is 1.00 e. The molecular formula is C36H27ClCrN4Na2O7S. The molecule has 0 unspecified atom stereocenters. The second-order valence-electron chi connectivity index (χ2n) is 10.6. The molecule has 5 N–H and O–H groups in total. The van der Waals surface area contributed by atoms with Crippen LogP contribution in [0.1, 0.15) is 2.85 Å². The minimum atomic E-state index is -4.54. The molecule has 0 atom stereocenters. The van der Waals surface area contributed by atoms with Crippen molar-refractivity contribution in [1.82, 2.24) is 0 Å². The van der Waals surface area contributed by atoms with Crippen LogP contribution in [0.25, 0.3) is 32.3 Å². The van der Waals surface area contributed by atoms with E-state index in [4.69, 9.17) is 11.6 Å². The zero-order chi connectivity index (χ0) is 34.7. The molecule has 52 heavy (non-hydrogen) atoms. The normalized spacial score (nSPS) is 11.1. The van der Waals surface area contributed by atoms with Crippen molar-refractivity contribution in [2.24, 2.45) is 20.5 Å².